The largest absolute Gasteiger partial charge is 0.375 e. The molecule has 1 saturated heterocycles. The van der Waals surface area contributed by atoms with E-state index in [0.717, 1.165) is 6.26 Å². The molecule has 1 amide bonds. The molecule has 2 atom stereocenters. The Morgan fingerprint density at radius 2 is 2.09 bits per heavy atom. The fraction of sp³-hybridized carbons (Fsp3) is 0.500. The van der Waals surface area contributed by atoms with Crippen molar-refractivity contribution in [1.29, 1.82) is 0 Å². The Labute approximate surface area is 135 Å². The lowest BCUT2D eigenvalue weighted by Crippen LogP contribution is -2.50. The number of hydrogen-bond donors (Lipinski definition) is 1. The molecule has 1 aromatic carbocycles. The van der Waals surface area contributed by atoms with Crippen molar-refractivity contribution in [3.8, 4) is 0 Å². The second-order valence-corrected chi connectivity index (χ2v) is 7.67. The molecule has 2 rings (SSSR count). The summed E-state index contributed by atoms with van der Waals surface area (Å²) in [5, 5.41) is 0.241. The summed E-state index contributed by atoms with van der Waals surface area (Å²) in [6.07, 6.45) is 1.00. The smallest absolute Gasteiger partial charge is 0.254 e. The Morgan fingerprint density at radius 1 is 1.41 bits per heavy atom. The number of anilines is 1. The number of hydrogen-bond acceptors (Lipinski definition) is 4. The first-order valence-corrected chi connectivity index (χ1v) is 9.14. The van der Waals surface area contributed by atoms with Crippen molar-refractivity contribution >= 4 is 33.2 Å². The Balaban J connectivity index is 2.28. The number of nitrogens with one attached hydrogen (secondary N) is 1. The zero-order chi connectivity index (χ0) is 16.5. The van der Waals surface area contributed by atoms with Crippen LogP contribution < -0.4 is 4.72 Å². The zero-order valence-corrected chi connectivity index (χ0v) is 14.2. The van der Waals surface area contributed by atoms with E-state index >= 15 is 0 Å². The van der Waals surface area contributed by atoms with Crippen LogP contribution in [-0.4, -0.2) is 50.8 Å². The van der Waals surface area contributed by atoms with E-state index in [4.69, 9.17) is 16.3 Å². The SMILES string of the molecule is CC1CN(C(=O)c2ccc(Cl)c(NS(C)(=O)=O)c2)C(C)CO1. The number of sulfonamides is 1. The van der Waals surface area contributed by atoms with Crippen LogP contribution in [0.25, 0.3) is 0 Å². The van der Waals surface area contributed by atoms with Crippen LogP contribution in [0.1, 0.15) is 24.2 Å². The molecule has 1 fully saturated rings. The molecule has 22 heavy (non-hydrogen) atoms. The summed E-state index contributed by atoms with van der Waals surface area (Å²) in [6, 6.07) is 4.52. The predicted octanol–water partition coefficient (Wildman–Crippen LogP) is 1.96. The summed E-state index contributed by atoms with van der Waals surface area (Å²) < 4.78 is 30.5. The standard InChI is InChI=1S/C14H19ClN2O4S/c1-9-8-21-10(2)7-17(9)14(18)11-4-5-12(15)13(6-11)16-22(3,19)20/h4-6,9-10,16H,7-8H2,1-3H3. The summed E-state index contributed by atoms with van der Waals surface area (Å²) in [6.45, 7) is 4.80. The highest BCUT2D eigenvalue weighted by Crippen LogP contribution is 2.25. The molecule has 1 heterocycles. The van der Waals surface area contributed by atoms with Gasteiger partial charge in [-0.25, -0.2) is 8.42 Å². The Hall–Kier alpha value is -1.31. The van der Waals surface area contributed by atoms with Crippen LogP contribution in [0.5, 0.6) is 0 Å². The van der Waals surface area contributed by atoms with Crippen LogP contribution in [0.15, 0.2) is 18.2 Å². The number of amides is 1. The van der Waals surface area contributed by atoms with Gasteiger partial charge in [0.2, 0.25) is 10.0 Å². The Morgan fingerprint density at radius 3 is 2.73 bits per heavy atom. The number of carbonyl (C=O) groups is 1. The molecule has 1 N–H and O–H groups in total. The third kappa shape index (κ3) is 4.12. The molecule has 0 aromatic heterocycles. The lowest BCUT2D eigenvalue weighted by Gasteiger charge is -2.36. The molecule has 2 unspecified atom stereocenters. The Kier molecular flexibility index (Phi) is 4.99. The zero-order valence-electron chi connectivity index (χ0n) is 12.7. The van der Waals surface area contributed by atoms with Crippen LogP contribution in [0, 0.1) is 0 Å². The number of halogens is 1. The second kappa shape index (κ2) is 6.44. The summed E-state index contributed by atoms with van der Waals surface area (Å²) in [5.74, 6) is -0.170. The van der Waals surface area contributed by atoms with Crippen LogP contribution in [0.4, 0.5) is 5.69 Å². The first-order chi connectivity index (χ1) is 10.2. The Bertz CT molecular complexity index is 677. The first kappa shape index (κ1) is 17.1. The van der Waals surface area contributed by atoms with E-state index in [1.54, 1.807) is 11.0 Å². The van der Waals surface area contributed by atoms with E-state index in [1.165, 1.54) is 12.1 Å². The highest BCUT2D eigenvalue weighted by Gasteiger charge is 2.28. The van der Waals surface area contributed by atoms with Crippen LogP contribution >= 0.6 is 11.6 Å². The number of benzene rings is 1. The summed E-state index contributed by atoms with van der Waals surface area (Å²) in [4.78, 5) is 14.4. The second-order valence-electron chi connectivity index (χ2n) is 5.52. The van der Waals surface area contributed by atoms with Gasteiger partial charge in [-0.3, -0.25) is 9.52 Å². The van der Waals surface area contributed by atoms with Crippen molar-refractivity contribution in [2.24, 2.45) is 0 Å². The van der Waals surface area contributed by atoms with Crippen molar-refractivity contribution in [2.45, 2.75) is 26.0 Å². The third-order valence-electron chi connectivity index (χ3n) is 3.38. The fourth-order valence-corrected chi connectivity index (χ4v) is 3.08. The monoisotopic (exact) mass is 346 g/mol. The van der Waals surface area contributed by atoms with E-state index in [9.17, 15) is 13.2 Å². The van der Waals surface area contributed by atoms with E-state index in [0.29, 0.717) is 18.7 Å². The van der Waals surface area contributed by atoms with Gasteiger partial charge in [0, 0.05) is 12.1 Å². The first-order valence-electron chi connectivity index (χ1n) is 6.87. The van der Waals surface area contributed by atoms with Crippen molar-refractivity contribution in [1.82, 2.24) is 4.90 Å². The molecule has 0 saturated carbocycles. The minimum absolute atomic E-state index is 0.0268. The van der Waals surface area contributed by atoms with Gasteiger partial charge in [-0.2, -0.15) is 0 Å². The van der Waals surface area contributed by atoms with E-state index in [2.05, 4.69) is 4.72 Å². The fourth-order valence-electron chi connectivity index (χ4n) is 2.29. The third-order valence-corrected chi connectivity index (χ3v) is 4.30. The quantitative estimate of drug-likeness (QED) is 0.907. The molecule has 122 valence electrons. The minimum atomic E-state index is -3.47. The average Bonchev–Trinajstić information content (AvgIpc) is 2.42. The normalized spacial score (nSPS) is 22.5. The van der Waals surface area contributed by atoms with Gasteiger partial charge in [-0.1, -0.05) is 11.6 Å². The maximum atomic E-state index is 12.6. The van der Waals surface area contributed by atoms with Gasteiger partial charge < -0.3 is 9.64 Å². The van der Waals surface area contributed by atoms with Crippen LogP contribution in [0.3, 0.4) is 0 Å². The van der Waals surface area contributed by atoms with Gasteiger partial charge in [-0.15, -0.1) is 0 Å². The molecular formula is C14H19ClN2O4S. The van der Waals surface area contributed by atoms with Gasteiger partial charge in [0.05, 0.1) is 35.7 Å². The lowest BCUT2D eigenvalue weighted by atomic mass is 10.1. The van der Waals surface area contributed by atoms with Gasteiger partial charge in [0.15, 0.2) is 0 Å². The molecule has 0 radical (unpaired) electrons. The van der Waals surface area contributed by atoms with Gasteiger partial charge in [-0.05, 0) is 32.0 Å². The van der Waals surface area contributed by atoms with E-state index in [-0.39, 0.29) is 28.8 Å². The molecule has 1 aliphatic heterocycles. The molecule has 0 bridgehead atoms. The van der Waals surface area contributed by atoms with Gasteiger partial charge in [0.25, 0.3) is 5.91 Å². The van der Waals surface area contributed by atoms with Crippen molar-refractivity contribution < 1.29 is 17.9 Å². The molecule has 0 spiro atoms. The summed E-state index contributed by atoms with van der Waals surface area (Å²) >= 11 is 5.97. The molecule has 0 aliphatic carbocycles. The summed E-state index contributed by atoms with van der Waals surface area (Å²) in [7, 11) is -3.47. The molecule has 1 aliphatic rings. The number of nitrogens with zero attached hydrogens (tertiary/aromatic N) is 1. The van der Waals surface area contributed by atoms with Crippen molar-refractivity contribution in [3.63, 3.8) is 0 Å². The molecule has 1 aromatic rings. The number of carbonyl (C=O) groups excluding carboxylic acids is 1. The van der Waals surface area contributed by atoms with Gasteiger partial charge in [0.1, 0.15) is 0 Å². The number of rotatable bonds is 3. The maximum Gasteiger partial charge on any atom is 0.254 e. The summed E-state index contributed by atoms with van der Waals surface area (Å²) in [5.41, 5.74) is 0.584. The van der Waals surface area contributed by atoms with Gasteiger partial charge >= 0.3 is 0 Å². The topological polar surface area (TPSA) is 75.7 Å². The molecule has 6 nitrogen and oxygen atoms in total. The minimum Gasteiger partial charge on any atom is -0.375 e. The molecular weight excluding hydrogens is 328 g/mol. The maximum absolute atomic E-state index is 12.6. The predicted molar refractivity (Wildman–Crippen MR) is 85.8 cm³/mol. The van der Waals surface area contributed by atoms with E-state index < -0.39 is 10.0 Å². The van der Waals surface area contributed by atoms with Crippen molar-refractivity contribution in [2.75, 3.05) is 24.1 Å². The van der Waals surface area contributed by atoms with Crippen LogP contribution in [-0.2, 0) is 14.8 Å². The lowest BCUT2D eigenvalue weighted by molar-refractivity contribution is -0.0387. The average molecular weight is 347 g/mol. The van der Waals surface area contributed by atoms with E-state index in [1.807, 2.05) is 13.8 Å². The van der Waals surface area contributed by atoms with Crippen LogP contribution in [0.2, 0.25) is 5.02 Å². The van der Waals surface area contributed by atoms with Crippen molar-refractivity contribution in [3.05, 3.63) is 28.8 Å². The highest BCUT2D eigenvalue weighted by atomic mass is 35.5. The molecule has 8 heteroatoms. The number of ether oxygens (including phenoxy) is 1. The highest BCUT2D eigenvalue weighted by molar-refractivity contribution is 7.92. The number of morpholine rings is 1.